The van der Waals surface area contributed by atoms with Crippen LogP contribution >= 0.6 is 0 Å². The number of rotatable bonds is 5. The summed E-state index contributed by atoms with van der Waals surface area (Å²) in [4.78, 5) is 16.9. The molecule has 0 radical (unpaired) electrons. The Bertz CT molecular complexity index is 851. The molecule has 0 fully saturated rings. The van der Waals surface area contributed by atoms with E-state index in [1.54, 1.807) is 19.2 Å². The van der Waals surface area contributed by atoms with Crippen LogP contribution in [-0.2, 0) is 13.0 Å². The topological polar surface area (TPSA) is 70.2 Å². The van der Waals surface area contributed by atoms with Gasteiger partial charge in [0.25, 0.3) is 5.56 Å². The number of aryl methyl sites for hydroxylation is 1. The van der Waals surface area contributed by atoms with E-state index in [1.165, 1.54) is 10.9 Å². The monoisotopic (exact) mass is 299 g/mol. The number of fused-ring (bicyclic) bond motifs is 1. The van der Waals surface area contributed by atoms with E-state index >= 15 is 0 Å². The van der Waals surface area contributed by atoms with E-state index in [4.69, 9.17) is 9.26 Å². The minimum Gasteiger partial charge on any atom is -0.496 e. The van der Waals surface area contributed by atoms with Crippen LogP contribution in [0.5, 0.6) is 5.75 Å². The lowest BCUT2D eigenvalue weighted by Crippen LogP contribution is -2.21. The second-order valence-corrected chi connectivity index (χ2v) is 5.07. The number of aromatic nitrogens is 3. The summed E-state index contributed by atoms with van der Waals surface area (Å²) in [7, 11) is 1.54. The molecule has 0 aliphatic carbocycles. The van der Waals surface area contributed by atoms with Crippen molar-refractivity contribution in [1.82, 2.24) is 14.7 Å². The van der Waals surface area contributed by atoms with E-state index in [2.05, 4.69) is 17.1 Å². The molecule has 0 aliphatic rings. The molecule has 0 spiro atoms. The third kappa shape index (κ3) is 2.59. The summed E-state index contributed by atoms with van der Waals surface area (Å²) >= 11 is 0. The first-order chi connectivity index (χ1) is 10.7. The number of methoxy groups -OCH3 is 1. The van der Waals surface area contributed by atoms with Gasteiger partial charge in [-0.15, -0.1) is 0 Å². The number of nitrogens with zero attached hydrogens (tertiary/aromatic N) is 3. The summed E-state index contributed by atoms with van der Waals surface area (Å²) in [5, 5.41) is 4.47. The van der Waals surface area contributed by atoms with Crippen LogP contribution < -0.4 is 10.3 Å². The molecule has 0 unspecified atom stereocenters. The van der Waals surface area contributed by atoms with E-state index in [-0.39, 0.29) is 5.56 Å². The highest BCUT2D eigenvalue weighted by Crippen LogP contribution is 2.20. The van der Waals surface area contributed by atoms with Crippen LogP contribution in [-0.4, -0.2) is 21.8 Å². The Morgan fingerprint density at radius 1 is 1.36 bits per heavy atom. The van der Waals surface area contributed by atoms with Crippen molar-refractivity contribution >= 4 is 10.9 Å². The Labute approximate surface area is 127 Å². The van der Waals surface area contributed by atoms with Crippen LogP contribution in [0, 0.1) is 0 Å². The van der Waals surface area contributed by atoms with Crippen LogP contribution in [0.2, 0.25) is 0 Å². The molecule has 0 amide bonds. The molecule has 0 atom stereocenters. The van der Waals surface area contributed by atoms with Crippen molar-refractivity contribution in [1.29, 1.82) is 0 Å². The van der Waals surface area contributed by atoms with Crippen LogP contribution in [0.1, 0.15) is 24.8 Å². The van der Waals surface area contributed by atoms with Crippen molar-refractivity contribution in [2.45, 2.75) is 26.3 Å². The van der Waals surface area contributed by atoms with E-state index < -0.39 is 0 Å². The number of hydrogen-bond donors (Lipinski definition) is 0. The van der Waals surface area contributed by atoms with E-state index in [0.29, 0.717) is 29.0 Å². The average molecular weight is 299 g/mol. The highest BCUT2D eigenvalue weighted by atomic mass is 16.5. The zero-order valence-corrected chi connectivity index (χ0v) is 12.6. The minimum absolute atomic E-state index is 0.157. The average Bonchev–Trinajstić information content (AvgIpc) is 2.97. The zero-order valence-electron chi connectivity index (χ0n) is 12.6. The quantitative estimate of drug-likeness (QED) is 0.723. The summed E-state index contributed by atoms with van der Waals surface area (Å²) in [5.41, 5.74) is 1.36. The fourth-order valence-electron chi connectivity index (χ4n) is 2.42. The molecule has 0 saturated carbocycles. The van der Waals surface area contributed by atoms with Crippen LogP contribution in [0.25, 0.3) is 10.9 Å². The molecule has 0 bridgehead atoms. The summed E-state index contributed by atoms with van der Waals surface area (Å²) < 4.78 is 12.0. The van der Waals surface area contributed by atoms with Crippen molar-refractivity contribution in [2.24, 2.45) is 0 Å². The molecule has 0 saturated heterocycles. The second-order valence-electron chi connectivity index (χ2n) is 5.07. The third-order valence-corrected chi connectivity index (χ3v) is 3.48. The highest BCUT2D eigenvalue weighted by molar-refractivity contribution is 5.83. The predicted octanol–water partition coefficient (Wildman–Crippen LogP) is 2.39. The Balaban J connectivity index is 2.00. The Morgan fingerprint density at radius 3 is 3.00 bits per heavy atom. The summed E-state index contributed by atoms with van der Waals surface area (Å²) in [6.45, 7) is 2.38. The molecular weight excluding hydrogens is 282 g/mol. The van der Waals surface area contributed by atoms with Gasteiger partial charge < -0.3 is 9.26 Å². The fraction of sp³-hybridized carbons (Fsp3) is 0.312. The molecule has 3 aromatic rings. The lowest BCUT2D eigenvalue weighted by molar-refractivity contribution is 0.369. The van der Waals surface area contributed by atoms with Gasteiger partial charge in [0.1, 0.15) is 11.1 Å². The van der Waals surface area contributed by atoms with Crippen LogP contribution in [0.15, 0.2) is 39.9 Å². The van der Waals surface area contributed by atoms with Crippen molar-refractivity contribution in [3.8, 4) is 5.75 Å². The number of ether oxygens (including phenoxy) is 1. The molecule has 2 aromatic heterocycles. The Hall–Kier alpha value is -2.63. The first-order valence-corrected chi connectivity index (χ1v) is 7.19. The van der Waals surface area contributed by atoms with Crippen molar-refractivity contribution in [3.05, 3.63) is 52.4 Å². The second kappa shape index (κ2) is 6.01. The molecule has 22 heavy (non-hydrogen) atoms. The van der Waals surface area contributed by atoms with Crippen molar-refractivity contribution in [3.63, 3.8) is 0 Å². The minimum atomic E-state index is -0.157. The number of benzene rings is 1. The van der Waals surface area contributed by atoms with Gasteiger partial charge in [0.15, 0.2) is 5.76 Å². The first-order valence-electron chi connectivity index (χ1n) is 7.19. The fourth-order valence-corrected chi connectivity index (χ4v) is 2.42. The predicted molar refractivity (Wildman–Crippen MR) is 82.2 cm³/mol. The summed E-state index contributed by atoms with van der Waals surface area (Å²) in [5.74, 6) is 1.16. The molecule has 0 aliphatic heterocycles. The van der Waals surface area contributed by atoms with Crippen LogP contribution in [0.3, 0.4) is 0 Å². The standard InChI is InChI=1S/C16H17N3O3/c1-3-5-11-8-12(22-18-11)9-19-10-17-13-6-4-7-14(21-2)15(13)16(19)20/h4,6-8,10H,3,5,9H2,1-2H3. The largest absolute Gasteiger partial charge is 0.496 e. The van der Waals surface area contributed by atoms with E-state index in [9.17, 15) is 4.79 Å². The van der Waals surface area contributed by atoms with Gasteiger partial charge in [-0.3, -0.25) is 9.36 Å². The van der Waals surface area contributed by atoms with Gasteiger partial charge in [-0.1, -0.05) is 24.6 Å². The molecule has 3 rings (SSSR count). The lowest BCUT2D eigenvalue weighted by Gasteiger charge is -2.07. The van der Waals surface area contributed by atoms with Crippen molar-refractivity contribution in [2.75, 3.05) is 7.11 Å². The van der Waals surface area contributed by atoms with E-state index in [0.717, 1.165) is 18.5 Å². The normalized spacial score (nSPS) is 11.0. The first kappa shape index (κ1) is 14.3. The smallest absolute Gasteiger partial charge is 0.265 e. The Morgan fingerprint density at radius 2 is 2.23 bits per heavy atom. The maximum Gasteiger partial charge on any atom is 0.265 e. The maximum absolute atomic E-state index is 12.6. The van der Waals surface area contributed by atoms with Gasteiger partial charge in [0.2, 0.25) is 0 Å². The molecular formula is C16H17N3O3. The molecule has 114 valence electrons. The molecule has 0 N–H and O–H groups in total. The summed E-state index contributed by atoms with van der Waals surface area (Å²) in [6, 6.07) is 7.23. The van der Waals surface area contributed by atoms with Crippen LogP contribution in [0.4, 0.5) is 0 Å². The molecule has 2 heterocycles. The van der Waals surface area contributed by atoms with E-state index in [1.807, 2.05) is 12.1 Å². The Kier molecular flexibility index (Phi) is 3.91. The molecule has 6 heteroatoms. The molecule has 6 nitrogen and oxygen atoms in total. The summed E-state index contributed by atoms with van der Waals surface area (Å²) in [6.07, 6.45) is 3.38. The van der Waals surface area contributed by atoms with Gasteiger partial charge in [-0.25, -0.2) is 4.98 Å². The third-order valence-electron chi connectivity index (χ3n) is 3.48. The highest BCUT2D eigenvalue weighted by Gasteiger charge is 2.11. The molecule has 1 aromatic carbocycles. The lowest BCUT2D eigenvalue weighted by atomic mass is 10.2. The van der Waals surface area contributed by atoms with Gasteiger partial charge in [0.05, 0.1) is 31.2 Å². The van der Waals surface area contributed by atoms with Gasteiger partial charge in [-0.2, -0.15) is 0 Å². The number of hydrogen-bond acceptors (Lipinski definition) is 5. The van der Waals surface area contributed by atoms with Gasteiger partial charge in [0, 0.05) is 6.07 Å². The maximum atomic E-state index is 12.6. The van der Waals surface area contributed by atoms with Crippen molar-refractivity contribution < 1.29 is 9.26 Å². The zero-order chi connectivity index (χ0) is 15.5. The van der Waals surface area contributed by atoms with Gasteiger partial charge in [-0.05, 0) is 18.6 Å². The SMILES string of the molecule is CCCc1cc(Cn2cnc3cccc(OC)c3c2=O)on1. The van der Waals surface area contributed by atoms with Gasteiger partial charge >= 0.3 is 0 Å².